The van der Waals surface area contributed by atoms with E-state index in [4.69, 9.17) is 28.0 Å². The van der Waals surface area contributed by atoms with E-state index in [-0.39, 0.29) is 12.1 Å². The highest BCUT2D eigenvalue weighted by atomic mass is 32.3. The molecule has 1 aromatic rings. The number of aliphatic hydroxyl groups is 1. The summed E-state index contributed by atoms with van der Waals surface area (Å²) < 4.78 is 37.4. The first-order valence-electron chi connectivity index (χ1n) is 7.03. The van der Waals surface area contributed by atoms with Crippen molar-refractivity contribution in [1.29, 1.82) is 0 Å². The van der Waals surface area contributed by atoms with Crippen LogP contribution in [-0.4, -0.2) is 40.4 Å². The fraction of sp³-hybridized carbons (Fsp3) is 0.571. The SMILES string of the molecule is CC(C)NC1c2cc(N)ccc2OC(C)(C)C1O.O=S(=O)(O)O. The zero-order valence-electron chi connectivity index (χ0n) is 13.5. The molecule has 23 heavy (non-hydrogen) atoms. The second kappa shape index (κ2) is 7.02. The lowest BCUT2D eigenvalue weighted by Crippen LogP contribution is -2.53. The Morgan fingerprint density at radius 3 is 2.30 bits per heavy atom. The number of benzene rings is 1. The molecule has 8 nitrogen and oxygen atoms in total. The molecule has 6 N–H and O–H groups in total. The summed E-state index contributed by atoms with van der Waals surface area (Å²) in [5.41, 5.74) is 6.81. The van der Waals surface area contributed by atoms with Crippen LogP contribution in [0.4, 0.5) is 5.69 Å². The van der Waals surface area contributed by atoms with Crippen molar-refractivity contribution in [3.63, 3.8) is 0 Å². The number of nitrogen functional groups attached to an aromatic ring is 1. The quantitative estimate of drug-likeness (QED) is 0.396. The van der Waals surface area contributed by atoms with Gasteiger partial charge >= 0.3 is 10.4 Å². The van der Waals surface area contributed by atoms with Crippen LogP contribution in [0.5, 0.6) is 5.75 Å². The Kier molecular flexibility index (Phi) is 6.00. The maximum atomic E-state index is 10.5. The minimum Gasteiger partial charge on any atom is -0.485 e. The molecule has 132 valence electrons. The van der Waals surface area contributed by atoms with Crippen LogP contribution in [0.1, 0.15) is 39.3 Å². The summed E-state index contributed by atoms with van der Waals surface area (Å²) in [6.45, 7) is 7.90. The number of anilines is 1. The normalized spacial score (nSPS) is 22.6. The molecule has 0 fully saturated rings. The van der Waals surface area contributed by atoms with Gasteiger partial charge in [-0.25, -0.2) is 0 Å². The van der Waals surface area contributed by atoms with Gasteiger partial charge in [0.2, 0.25) is 0 Å². The average molecular weight is 348 g/mol. The second-order valence-corrected chi connectivity index (χ2v) is 7.09. The van der Waals surface area contributed by atoms with Crippen LogP contribution >= 0.6 is 0 Å². The van der Waals surface area contributed by atoms with Gasteiger partial charge in [0, 0.05) is 17.3 Å². The second-order valence-electron chi connectivity index (χ2n) is 6.19. The molecule has 2 atom stereocenters. The Hall–Kier alpha value is -1.39. The van der Waals surface area contributed by atoms with Gasteiger partial charge in [-0.05, 0) is 32.0 Å². The first kappa shape index (κ1) is 19.7. The topological polar surface area (TPSA) is 142 Å². The van der Waals surface area contributed by atoms with Crippen molar-refractivity contribution in [3.8, 4) is 5.75 Å². The van der Waals surface area contributed by atoms with Crippen LogP contribution in [0, 0.1) is 0 Å². The number of ether oxygens (including phenoxy) is 1. The van der Waals surface area contributed by atoms with Gasteiger partial charge < -0.3 is 20.9 Å². The Bertz CT molecular complexity index is 637. The summed E-state index contributed by atoms with van der Waals surface area (Å²) >= 11 is 0. The third-order valence-corrected chi connectivity index (χ3v) is 3.28. The third-order valence-electron chi connectivity index (χ3n) is 3.28. The maximum Gasteiger partial charge on any atom is 0.394 e. The molecule has 2 rings (SSSR count). The Morgan fingerprint density at radius 1 is 1.30 bits per heavy atom. The zero-order valence-corrected chi connectivity index (χ0v) is 14.3. The molecule has 0 bridgehead atoms. The van der Waals surface area contributed by atoms with Crippen LogP contribution in [0.2, 0.25) is 0 Å². The molecular weight excluding hydrogens is 324 g/mol. The van der Waals surface area contributed by atoms with Crippen molar-refractivity contribution in [2.75, 3.05) is 5.73 Å². The largest absolute Gasteiger partial charge is 0.485 e. The highest BCUT2D eigenvalue weighted by molar-refractivity contribution is 7.79. The van der Waals surface area contributed by atoms with Crippen LogP contribution in [-0.2, 0) is 10.4 Å². The lowest BCUT2D eigenvalue weighted by atomic mass is 9.86. The molecule has 1 aliphatic heterocycles. The number of aliphatic hydroxyl groups excluding tert-OH is 1. The van der Waals surface area contributed by atoms with Gasteiger partial charge in [-0.15, -0.1) is 0 Å². The molecule has 9 heteroatoms. The Labute approximate surface area is 136 Å². The molecule has 0 radical (unpaired) electrons. The molecule has 1 aliphatic rings. The van der Waals surface area contributed by atoms with Crippen molar-refractivity contribution < 1.29 is 27.4 Å². The monoisotopic (exact) mass is 348 g/mol. The standard InChI is InChI=1S/C14H22N2O2.H2O4S/c1-8(2)16-12-10-7-9(15)5-6-11(10)18-14(3,4)13(12)17;1-5(2,3)4/h5-8,12-13,16-17H,15H2,1-4H3;(H2,1,2,3,4). The van der Waals surface area contributed by atoms with Gasteiger partial charge in [-0.2, -0.15) is 8.42 Å². The predicted octanol–water partition coefficient (Wildman–Crippen LogP) is 1.19. The summed E-state index contributed by atoms with van der Waals surface area (Å²) in [5.74, 6) is 0.789. The van der Waals surface area contributed by atoms with E-state index in [0.717, 1.165) is 11.3 Å². The predicted molar refractivity (Wildman–Crippen MR) is 86.8 cm³/mol. The van der Waals surface area contributed by atoms with Gasteiger partial charge in [0.25, 0.3) is 0 Å². The Morgan fingerprint density at radius 2 is 1.83 bits per heavy atom. The van der Waals surface area contributed by atoms with E-state index in [1.807, 2.05) is 32.0 Å². The zero-order chi connectivity index (χ0) is 18.0. The number of rotatable bonds is 2. The van der Waals surface area contributed by atoms with E-state index in [1.165, 1.54) is 0 Å². The van der Waals surface area contributed by atoms with E-state index in [9.17, 15) is 5.11 Å². The highest BCUT2D eigenvalue weighted by Gasteiger charge is 2.42. The van der Waals surface area contributed by atoms with Gasteiger partial charge in [-0.1, -0.05) is 13.8 Å². The van der Waals surface area contributed by atoms with Gasteiger partial charge in [0.1, 0.15) is 17.5 Å². The van der Waals surface area contributed by atoms with E-state index >= 15 is 0 Å². The van der Waals surface area contributed by atoms with Crippen LogP contribution in [0.15, 0.2) is 18.2 Å². The van der Waals surface area contributed by atoms with Crippen molar-refractivity contribution in [2.45, 2.75) is 51.5 Å². The molecular formula is C14H24N2O6S. The molecule has 0 spiro atoms. The molecule has 1 heterocycles. The third kappa shape index (κ3) is 5.96. The molecule has 0 saturated heterocycles. The maximum absolute atomic E-state index is 10.5. The van der Waals surface area contributed by atoms with Crippen LogP contribution in [0.25, 0.3) is 0 Å². The first-order valence-corrected chi connectivity index (χ1v) is 8.43. The molecule has 1 aromatic carbocycles. The van der Waals surface area contributed by atoms with E-state index in [2.05, 4.69) is 19.2 Å². The number of hydrogen-bond acceptors (Lipinski definition) is 6. The average Bonchev–Trinajstić information content (AvgIpc) is 2.33. The first-order chi connectivity index (χ1) is 10.3. The van der Waals surface area contributed by atoms with Crippen LogP contribution in [0.3, 0.4) is 0 Å². The summed E-state index contributed by atoms with van der Waals surface area (Å²) in [5, 5.41) is 13.8. The molecule has 2 unspecified atom stereocenters. The number of hydrogen-bond donors (Lipinski definition) is 5. The lowest BCUT2D eigenvalue weighted by Gasteiger charge is -2.43. The fourth-order valence-electron chi connectivity index (χ4n) is 2.36. The van der Waals surface area contributed by atoms with Crippen molar-refractivity contribution in [3.05, 3.63) is 23.8 Å². The minimum absolute atomic E-state index is 0.160. The van der Waals surface area contributed by atoms with Gasteiger partial charge in [-0.3, -0.25) is 9.11 Å². The molecule has 0 saturated carbocycles. The summed E-state index contributed by atoms with van der Waals surface area (Å²) in [6, 6.07) is 5.67. The fourth-order valence-corrected chi connectivity index (χ4v) is 2.36. The highest BCUT2D eigenvalue weighted by Crippen LogP contribution is 2.40. The number of fused-ring (bicyclic) bond motifs is 1. The van der Waals surface area contributed by atoms with E-state index < -0.39 is 22.1 Å². The molecule has 0 amide bonds. The van der Waals surface area contributed by atoms with E-state index in [0.29, 0.717) is 5.69 Å². The Balaban J connectivity index is 0.000000463. The number of nitrogens with two attached hydrogens (primary N) is 1. The van der Waals surface area contributed by atoms with Crippen molar-refractivity contribution >= 4 is 16.1 Å². The lowest BCUT2D eigenvalue weighted by molar-refractivity contribution is -0.0658. The van der Waals surface area contributed by atoms with Crippen molar-refractivity contribution in [1.82, 2.24) is 5.32 Å². The van der Waals surface area contributed by atoms with Gasteiger partial charge in [0.05, 0.1) is 6.04 Å². The van der Waals surface area contributed by atoms with Crippen molar-refractivity contribution in [2.24, 2.45) is 0 Å². The smallest absolute Gasteiger partial charge is 0.394 e. The minimum atomic E-state index is -4.67. The summed E-state index contributed by atoms with van der Waals surface area (Å²) in [4.78, 5) is 0. The summed E-state index contributed by atoms with van der Waals surface area (Å²) in [6.07, 6.45) is -0.616. The van der Waals surface area contributed by atoms with Gasteiger partial charge in [0.15, 0.2) is 0 Å². The van der Waals surface area contributed by atoms with Crippen LogP contribution < -0.4 is 15.8 Å². The molecule has 0 aliphatic carbocycles. The summed E-state index contributed by atoms with van der Waals surface area (Å²) in [7, 11) is -4.67. The number of nitrogens with one attached hydrogen (secondary N) is 1. The van der Waals surface area contributed by atoms with E-state index in [1.54, 1.807) is 0 Å². The molecule has 0 aromatic heterocycles.